The van der Waals surface area contributed by atoms with Crippen LogP contribution in [0.5, 0.6) is 0 Å². The van der Waals surface area contributed by atoms with Gasteiger partial charge >= 0.3 is 0 Å². The lowest BCUT2D eigenvalue weighted by molar-refractivity contribution is 0.407. The lowest BCUT2D eigenvalue weighted by Gasteiger charge is -2.34. The molecule has 0 nitrogen and oxygen atoms in total. The Balaban J connectivity index is 1.89. The molecule has 2 aliphatic carbocycles. The number of hydrogen-bond acceptors (Lipinski definition) is 0. The first-order valence-electron chi connectivity index (χ1n) is 8.14. The van der Waals surface area contributed by atoms with Gasteiger partial charge in [-0.15, -0.1) is 0 Å². The van der Waals surface area contributed by atoms with Crippen LogP contribution in [0.2, 0.25) is 0 Å². The zero-order valence-corrected chi connectivity index (χ0v) is 13.5. The van der Waals surface area contributed by atoms with E-state index < -0.39 is 0 Å². The van der Waals surface area contributed by atoms with Gasteiger partial charge in [0, 0.05) is 11.8 Å². The standard InChI is InChI=1S/C22H22/c1-15-12-13-18-19-11-7-10-17(16-8-5-4-6-9-16)21(19)22(2,3)20(18)14-15/h4-14,19,21H,1-3H3. The Morgan fingerprint density at radius 1 is 0.955 bits per heavy atom. The van der Waals surface area contributed by atoms with E-state index in [9.17, 15) is 0 Å². The largest absolute Gasteiger partial charge is 0.0763 e. The van der Waals surface area contributed by atoms with Gasteiger partial charge in [-0.25, -0.2) is 0 Å². The van der Waals surface area contributed by atoms with Crippen molar-refractivity contribution in [2.24, 2.45) is 5.92 Å². The van der Waals surface area contributed by atoms with Crippen LogP contribution in [-0.4, -0.2) is 0 Å². The lowest BCUT2D eigenvalue weighted by Crippen LogP contribution is -2.27. The Bertz CT molecular complexity index is 775. The van der Waals surface area contributed by atoms with Gasteiger partial charge in [-0.1, -0.05) is 86.2 Å². The fourth-order valence-electron chi connectivity index (χ4n) is 4.40. The minimum absolute atomic E-state index is 0.165. The van der Waals surface area contributed by atoms with Crippen molar-refractivity contribution in [3.05, 3.63) is 89.0 Å². The Labute approximate surface area is 133 Å². The predicted molar refractivity (Wildman–Crippen MR) is 94.0 cm³/mol. The van der Waals surface area contributed by atoms with Crippen LogP contribution in [0.25, 0.3) is 5.57 Å². The molecule has 2 aromatic rings. The minimum Gasteiger partial charge on any atom is -0.0763 e. The van der Waals surface area contributed by atoms with E-state index in [4.69, 9.17) is 0 Å². The monoisotopic (exact) mass is 286 g/mol. The third kappa shape index (κ3) is 1.83. The van der Waals surface area contributed by atoms with Gasteiger partial charge in [0.15, 0.2) is 0 Å². The summed E-state index contributed by atoms with van der Waals surface area (Å²) >= 11 is 0. The van der Waals surface area contributed by atoms with Gasteiger partial charge in [-0.2, -0.15) is 0 Å². The molecule has 0 amide bonds. The summed E-state index contributed by atoms with van der Waals surface area (Å²) in [7, 11) is 0. The topological polar surface area (TPSA) is 0 Å². The minimum atomic E-state index is 0.165. The van der Waals surface area contributed by atoms with Gasteiger partial charge in [0.1, 0.15) is 0 Å². The van der Waals surface area contributed by atoms with E-state index in [0.717, 1.165) is 0 Å². The molecular formula is C22H22. The molecule has 0 heterocycles. The molecule has 0 bridgehead atoms. The highest BCUT2D eigenvalue weighted by molar-refractivity contribution is 5.75. The molecule has 0 heteroatoms. The molecule has 0 aliphatic heterocycles. The van der Waals surface area contributed by atoms with Crippen molar-refractivity contribution >= 4 is 5.57 Å². The smallest absolute Gasteiger partial charge is 0.0101 e. The first-order valence-corrected chi connectivity index (χ1v) is 8.14. The fraction of sp³-hybridized carbons (Fsp3) is 0.273. The third-order valence-corrected chi connectivity index (χ3v) is 5.44. The Morgan fingerprint density at radius 2 is 1.73 bits per heavy atom. The van der Waals surface area contributed by atoms with Crippen molar-refractivity contribution in [1.82, 2.24) is 0 Å². The summed E-state index contributed by atoms with van der Waals surface area (Å²) in [5, 5.41) is 0. The molecule has 2 unspecified atom stereocenters. The quantitative estimate of drug-likeness (QED) is 0.636. The lowest BCUT2D eigenvalue weighted by atomic mass is 9.68. The second-order valence-electron chi connectivity index (χ2n) is 7.19. The second kappa shape index (κ2) is 4.71. The molecule has 0 saturated carbocycles. The molecule has 22 heavy (non-hydrogen) atoms. The summed E-state index contributed by atoms with van der Waals surface area (Å²) < 4.78 is 0. The van der Waals surface area contributed by atoms with Crippen molar-refractivity contribution in [2.75, 3.05) is 0 Å². The zero-order valence-electron chi connectivity index (χ0n) is 13.5. The van der Waals surface area contributed by atoms with Crippen molar-refractivity contribution in [3.8, 4) is 0 Å². The molecule has 0 saturated heterocycles. The molecule has 0 spiro atoms. The van der Waals surface area contributed by atoms with E-state index in [2.05, 4.69) is 87.5 Å². The maximum Gasteiger partial charge on any atom is 0.0101 e. The number of allylic oxidation sites excluding steroid dienone is 4. The van der Waals surface area contributed by atoms with Gasteiger partial charge in [0.2, 0.25) is 0 Å². The highest BCUT2D eigenvalue weighted by Crippen LogP contribution is 2.57. The molecule has 0 fully saturated rings. The van der Waals surface area contributed by atoms with E-state index in [-0.39, 0.29) is 5.41 Å². The van der Waals surface area contributed by atoms with Gasteiger partial charge < -0.3 is 0 Å². The molecule has 110 valence electrons. The van der Waals surface area contributed by atoms with Crippen LogP contribution in [0.4, 0.5) is 0 Å². The van der Waals surface area contributed by atoms with E-state index >= 15 is 0 Å². The van der Waals surface area contributed by atoms with E-state index in [1.807, 2.05) is 0 Å². The van der Waals surface area contributed by atoms with Gasteiger partial charge in [-0.05, 0) is 34.6 Å². The van der Waals surface area contributed by atoms with Crippen LogP contribution in [0.15, 0.2) is 66.8 Å². The van der Waals surface area contributed by atoms with Crippen LogP contribution in [-0.2, 0) is 5.41 Å². The summed E-state index contributed by atoms with van der Waals surface area (Å²) in [4.78, 5) is 0. The number of benzene rings is 2. The third-order valence-electron chi connectivity index (χ3n) is 5.44. The summed E-state index contributed by atoms with van der Waals surface area (Å²) in [5.41, 5.74) is 7.40. The molecule has 2 aromatic carbocycles. The summed E-state index contributed by atoms with van der Waals surface area (Å²) in [6, 6.07) is 17.9. The molecule has 2 atom stereocenters. The highest BCUT2D eigenvalue weighted by atomic mass is 14.5. The van der Waals surface area contributed by atoms with Crippen molar-refractivity contribution in [2.45, 2.75) is 32.1 Å². The molecule has 0 aromatic heterocycles. The van der Waals surface area contributed by atoms with Crippen LogP contribution in [0.3, 0.4) is 0 Å². The average molecular weight is 286 g/mol. The van der Waals surface area contributed by atoms with E-state index in [1.165, 1.54) is 27.8 Å². The second-order valence-corrected chi connectivity index (χ2v) is 7.19. The Kier molecular flexibility index (Phi) is 2.91. The summed E-state index contributed by atoms with van der Waals surface area (Å²) in [6.07, 6.45) is 6.95. The van der Waals surface area contributed by atoms with E-state index in [0.29, 0.717) is 11.8 Å². The maximum atomic E-state index is 2.41. The summed E-state index contributed by atoms with van der Waals surface area (Å²) in [6.45, 7) is 7.01. The first-order chi connectivity index (χ1) is 10.6. The molecule has 0 radical (unpaired) electrons. The SMILES string of the molecule is Cc1ccc2c(c1)C(C)(C)C1C(c3ccccc3)=CC=CC21. The molecule has 0 N–H and O–H groups in total. The average Bonchev–Trinajstić information content (AvgIpc) is 2.76. The first kappa shape index (κ1) is 13.6. The predicted octanol–water partition coefficient (Wildman–Crippen LogP) is 5.64. The Morgan fingerprint density at radius 3 is 2.50 bits per heavy atom. The highest BCUT2D eigenvalue weighted by Gasteiger charge is 2.47. The number of rotatable bonds is 1. The van der Waals surface area contributed by atoms with Crippen molar-refractivity contribution < 1.29 is 0 Å². The van der Waals surface area contributed by atoms with Crippen LogP contribution < -0.4 is 0 Å². The van der Waals surface area contributed by atoms with Gasteiger partial charge in [0.25, 0.3) is 0 Å². The van der Waals surface area contributed by atoms with Crippen molar-refractivity contribution in [3.63, 3.8) is 0 Å². The molecular weight excluding hydrogens is 264 g/mol. The van der Waals surface area contributed by atoms with E-state index in [1.54, 1.807) is 0 Å². The van der Waals surface area contributed by atoms with Crippen LogP contribution >= 0.6 is 0 Å². The fourth-order valence-corrected chi connectivity index (χ4v) is 4.40. The summed E-state index contributed by atoms with van der Waals surface area (Å²) in [5.74, 6) is 1.03. The zero-order chi connectivity index (χ0) is 15.3. The van der Waals surface area contributed by atoms with Gasteiger partial charge in [-0.3, -0.25) is 0 Å². The normalized spacial score (nSPS) is 24.6. The van der Waals surface area contributed by atoms with Crippen LogP contribution in [0, 0.1) is 12.8 Å². The maximum absolute atomic E-state index is 2.41. The molecule has 4 rings (SSSR count). The Hall–Kier alpha value is -2.08. The van der Waals surface area contributed by atoms with Crippen LogP contribution in [0.1, 0.15) is 42.0 Å². The number of aryl methyl sites for hydroxylation is 1. The van der Waals surface area contributed by atoms with Crippen molar-refractivity contribution in [1.29, 1.82) is 0 Å². The number of fused-ring (bicyclic) bond motifs is 3. The number of hydrogen-bond donors (Lipinski definition) is 0. The van der Waals surface area contributed by atoms with Gasteiger partial charge in [0.05, 0.1) is 0 Å². The molecule has 2 aliphatic rings.